The summed E-state index contributed by atoms with van der Waals surface area (Å²) in [4.78, 5) is 43.6. The molecular formula is C31H28N2O7S. The minimum Gasteiger partial charge on any atom is -0.497 e. The number of aromatic nitrogens is 1. The number of carboxylic acids is 1. The lowest BCUT2D eigenvalue weighted by molar-refractivity contribution is -0.143. The lowest BCUT2D eigenvalue weighted by Crippen LogP contribution is -2.40. The number of rotatable bonds is 7. The first-order chi connectivity index (χ1) is 19.6. The zero-order valence-electron chi connectivity index (χ0n) is 23.1. The average Bonchev–Trinajstić information content (AvgIpc) is 3.51. The molecule has 2 aromatic carbocycles. The number of methoxy groups -OCH3 is 1. The molecule has 1 atom stereocenters. The van der Waals surface area contributed by atoms with Crippen molar-refractivity contribution >= 4 is 29.4 Å². The second kappa shape index (κ2) is 11.1. The zero-order valence-corrected chi connectivity index (χ0v) is 23.9. The smallest absolute Gasteiger partial charge is 0.338 e. The summed E-state index contributed by atoms with van der Waals surface area (Å²) >= 11 is 1.19. The third kappa shape index (κ3) is 5.38. The molecule has 0 spiro atoms. The van der Waals surface area contributed by atoms with Crippen LogP contribution in [0.2, 0.25) is 0 Å². The van der Waals surface area contributed by atoms with Crippen LogP contribution < -0.4 is 19.6 Å². The number of aromatic carboxylic acids is 1. The van der Waals surface area contributed by atoms with Crippen LogP contribution in [0.5, 0.6) is 5.75 Å². The molecule has 1 aliphatic rings. The zero-order chi connectivity index (χ0) is 29.4. The number of nitrogens with zero attached hydrogens (tertiary/aromatic N) is 2. The van der Waals surface area contributed by atoms with Crippen LogP contribution in [0.25, 0.3) is 17.4 Å². The van der Waals surface area contributed by atoms with Crippen molar-refractivity contribution in [2.24, 2.45) is 4.99 Å². The van der Waals surface area contributed by atoms with Crippen molar-refractivity contribution in [1.29, 1.82) is 0 Å². The fourth-order valence-corrected chi connectivity index (χ4v) is 5.71. The molecule has 0 saturated heterocycles. The van der Waals surface area contributed by atoms with Crippen molar-refractivity contribution in [1.82, 2.24) is 4.57 Å². The van der Waals surface area contributed by atoms with Crippen LogP contribution in [-0.2, 0) is 9.53 Å². The van der Waals surface area contributed by atoms with E-state index < -0.39 is 18.0 Å². The van der Waals surface area contributed by atoms with Gasteiger partial charge in [0.1, 0.15) is 17.3 Å². The van der Waals surface area contributed by atoms with Crippen molar-refractivity contribution in [2.45, 2.75) is 39.8 Å². The number of furan rings is 1. The second-order valence-corrected chi connectivity index (χ2v) is 10.9. The first kappa shape index (κ1) is 27.9. The number of hydrogen-bond acceptors (Lipinski definition) is 8. The second-order valence-electron chi connectivity index (χ2n) is 9.85. The van der Waals surface area contributed by atoms with E-state index in [0.717, 1.165) is 5.56 Å². The highest BCUT2D eigenvalue weighted by molar-refractivity contribution is 7.07. The molecular weight excluding hydrogens is 544 g/mol. The van der Waals surface area contributed by atoms with Gasteiger partial charge in [0.15, 0.2) is 4.80 Å². The largest absolute Gasteiger partial charge is 0.497 e. The fourth-order valence-electron chi connectivity index (χ4n) is 4.69. The monoisotopic (exact) mass is 572 g/mol. The van der Waals surface area contributed by atoms with Crippen molar-refractivity contribution in [3.63, 3.8) is 0 Å². The van der Waals surface area contributed by atoms with Crippen molar-refractivity contribution < 1.29 is 28.6 Å². The Kier molecular flexibility index (Phi) is 7.51. The van der Waals surface area contributed by atoms with Crippen LogP contribution in [0.3, 0.4) is 0 Å². The first-order valence-electron chi connectivity index (χ1n) is 12.9. The molecule has 3 heterocycles. The van der Waals surface area contributed by atoms with Gasteiger partial charge in [-0.1, -0.05) is 29.5 Å². The molecule has 0 aliphatic carbocycles. The molecule has 1 aliphatic heterocycles. The number of esters is 1. The number of aryl methyl sites for hydroxylation is 1. The van der Waals surface area contributed by atoms with Crippen LogP contribution in [-0.4, -0.2) is 34.8 Å². The molecule has 0 unspecified atom stereocenters. The first-order valence-corrected chi connectivity index (χ1v) is 13.7. The molecule has 5 rings (SSSR count). The van der Waals surface area contributed by atoms with Gasteiger partial charge in [0.25, 0.3) is 5.56 Å². The van der Waals surface area contributed by atoms with E-state index in [1.807, 2.05) is 19.1 Å². The summed E-state index contributed by atoms with van der Waals surface area (Å²) < 4.78 is 18.7. The lowest BCUT2D eigenvalue weighted by Gasteiger charge is -2.25. The normalized spacial score (nSPS) is 15.1. The molecule has 9 nitrogen and oxygen atoms in total. The van der Waals surface area contributed by atoms with E-state index in [4.69, 9.17) is 13.9 Å². The fraction of sp³-hybridized carbons (Fsp3) is 0.226. The van der Waals surface area contributed by atoms with E-state index in [-0.39, 0.29) is 22.8 Å². The number of allylic oxidation sites excluding steroid dienone is 1. The highest BCUT2D eigenvalue weighted by Gasteiger charge is 2.33. The van der Waals surface area contributed by atoms with Gasteiger partial charge in [-0.2, -0.15) is 0 Å². The molecule has 0 fully saturated rings. The number of fused-ring (bicyclic) bond motifs is 1. The summed E-state index contributed by atoms with van der Waals surface area (Å²) in [6.07, 6.45) is 1.28. The topological polar surface area (TPSA) is 120 Å². The minimum atomic E-state index is -1.03. The molecule has 41 heavy (non-hydrogen) atoms. The molecule has 1 N–H and O–H groups in total. The summed E-state index contributed by atoms with van der Waals surface area (Å²) in [6, 6.07) is 14.7. The summed E-state index contributed by atoms with van der Waals surface area (Å²) in [5.74, 6) is -0.0220. The van der Waals surface area contributed by atoms with E-state index >= 15 is 0 Å². The standard InChI is InChI=1S/C31H28N2O7S/c1-16(2)39-30(37)26-18(4)32-31-33(27(26)19-8-10-21(38-5)11-9-19)28(34)25(41-31)15-22-12-13-24(40-22)23-14-20(29(35)36)7-6-17(23)3/h6-16,27H,1-5H3,(H,35,36)/b25-15-/t27-/m1/s1. The number of hydrogen-bond donors (Lipinski definition) is 1. The van der Waals surface area contributed by atoms with Gasteiger partial charge in [0.2, 0.25) is 0 Å². The molecule has 4 aromatic rings. The Labute approximate surface area is 239 Å². The number of ether oxygens (including phenoxy) is 2. The highest BCUT2D eigenvalue weighted by atomic mass is 32.1. The van der Waals surface area contributed by atoms with Gasteiger partial charge in [-0.15, -0.1) is 0 Å². The van der Waals surface area contributed by atoms with E-state index in [0.29, 0.717) is 43.4 Å². The third-order valence-electron chi connectivity index (χ3n) is 6.67. The van der Waals surface area contributed by atoms with Crippen LogP contribution >= 0.6 is 11.3 Å². The van der Waals surface area contributed by atoms with E-state index in [1.54, 1.807) is 70.4 Å². The Morgan fingerprint density at radius 1 is 1.10 bits per heavy atom. The summed E-state index contributed by atoms with van der Waals surface area (Å²) in [5, 5.41) is 9.38. The summed E-state index contributed by atoms with van der Waals surface area (Å²) in [7, 11) is 1.57. The highest BCUT2D eigenvalue weighted by Crippen LogP contribution is 2.32. The molecule has 0 amide bonds. The summed E-state index contributed by atoms with van der Waals surface area (Å²) in [5.41, 5.74) is 2.78. The maximum atomic E-state index is 13.8. The third-order valence-corrected chi connectivity index (χ3v) is 7.65. The Morgan fingerprint density at radius 2 is 1.83 bits per heavy atom. The number of carbonyl (C=O) groups excluding carboxylic acids is 1. The van der Waals surface area contributed by atoms with Gasteiger partial charge in [-0.3, -0.25) is 9.36 Å². The van der Waals surface area contributed by atoms with Crippen molar-refractivity contribution in [2.75, 3.05) is 7.11 Å². The number of benzene rings is 2. The number of carbonyl (C=O) groups is 2. The molecule has 210 valence electrons. The summed E-state index contributed by atoms with van der Waals surface area (Å²) in [6.45, 7) is 7.13. The molecule has 0 bridgehead atoms. The molecule has 2 aromatic heterocycles. The minimum absolute atomic E-state index is 0.151. The van der Waals surface area contributed by atoms with E-state index in [1.165, 1.54) is 22.0 Å². The van der Waals surface area contributed by atoms with E-state index in [2.05, 4.69) is 4.99 Å². The predicted octanol–water partition coefficient (Wildman–Crippen LogP) is 4.46. The van der Waals surface area contributed by atoms with Crippen LogP contribution in [0.1, 0.15) is 54.1 Å². The Bertz CT molecular complexity index is 1870. The Morgan fingerprint density at radius 3 is 2.49 bits per heavy atom. The van der Waals surface area contributed by atoms with E-state index in [9.17, 15) is 19.5 Å². The van der Waals surface area contributed by atoms with Crippen LogP contribution in [0.4, 0.5) is 0 Å². The maximum absolute atomic E-state index is 13.8. The predicted molar refractivity (Wildman–Crippen MR) is 154 cm³/mol. The Hall–Kier alpha value is -4.70. The Balaban J connectivity index is 1.62. The number of carboxylic acid groups (broad SMARTS) is 1. The quantitative estimate of drug-likeness (QED) is 0.325. The molecule has 0 saturated carbocycles. The van der Waals surface area contributed by atoms with Crippen molar-refractivity contribution in [3.8, 4) is 17.1 Å². The van der Waals surface area contributed by atoms with Gasteiger partial charge in [0.05, 0.1) is 40.6 Å². The van der Waals surface area contributed by atoms with Gasteiger partial charge >= 0.3 is 11.9 Å². The molecule has 0 radical (unpaired) electrons. The van der Waals surface area contributed by atoms with Gasteiger partial charge in [-0.25, -0.2) is 14.6 Å². The lowest BCUT2D eigenvalue weighted by atomic mass is 9.96. The average molecular weight is 573 g/mol. The van der Waals surface area contributed by atoms with Gasteiger partial charge in [0, 0.05) is 11.6 Å². The number of thiazole rings is 1. The maximum Gasteiger partial charge on any atom is 0.338 e. The van der Waals surface area contributed by atoms with Gasteiger partial charge < -0.3 is 19.0 Å². The van der Waals surface area contributed by atoms with Gasteiger partial charge in [-0.05, 0) is 75.2 Å². The van der Waals surface area contributed by atoms with Crippen LogP contribution in [0, 0.1) is 6.92 Å². The van der Waals surface area contributed by atoms with Crippen molar-refractivity contribution in [3.05, 3.63) is 108 Å². The van der Waals surface area contributed by atoms with Crippen LogP contribution in [0.15, 0.2) is 80.1 Å². The SMILES string of the molecule is COc1ccc([C@@H]2C(C(=O)OC(C)C)=C(C)N=c3s/c(=C\c4ccc(-c5cc(C(=O)O)ccc5C)o4)c(=O)n32)cc1. The molecule has 10 heteroatoms.